The van der Waals surface area contributed by atoms with Crippen LogP contribution in [0.2, 0.25) is 0 Å². The van der Waals surface area contributed by atoms with Gasteiger partial charge in [0.1, 0.15) is 0 Å². The summed E-state index contributed by atoms with van der Waals surface area (Å²) in [6.45, 7) is 4.86. The zero-order valence-electron chi connectivity index (χ0n) is 4.34. The van der Waals surface area contributed by atoms with Gasteiger partial charge < -0.3 is 4.74 Å². The van der Waals surface area contributed by atoms with Gasteiger partial charge in [-0.1, -0.05) is 0 Å². The monoisotopic (exact) mass is 101 g/mol. The van der Waals surface area contributed by atoms with Crippen molar-refractivity contribution in [2.45, 2.75) is 6.92 Å². The van der Waals surface area contributed by atoms with Gasteiger partial charge in [0, 0.05) is 13.5 Å². The Morgan fingerprint density at radius 2 is 1.86 bits per heavy atom. The number of ether oxygens (including phenoxy) is 1. The zero-order chi connectivity index (χ0) is 6.28. The summed E-state index contributed by atoms with van der Waals surface area (Å²) in [5, 5.41) is 6.50. The second-order valence-corrected chi connectivity index (χ2v) is 0.696. The standard InChI is InChI=1S/C3H6O2.CHN/c1-3(4)5-2;1-2/h1-2H3;1H. The molecule has 0 heterocycles. The van der Waals surface area contributed by atoms with E-state index in [0.29, 0.717) is 0 Å². The lowest BCUT2D eigenvalue weighted by molar-refractivity contribution is -0.137. The average molecular weight is 101 g/mol. The first-order valence-electron chi connectivity index (χ1n) is 1.57. The summed E-state index contributed by atoms with van der Waals surface area (Å²) in [6.07, 6.45) is 0. The molecule has 0 bridgehead atoms. The number of carbonyl (C=O) groups excluding carboxylic acids is 1. The maximum absolute atomic E-state index is 9.59. The quantitative estimate of drug-likeness (QED) is 0.413. The fourth-order valence-electron chi connectivity index (χ4n) is 0. The molecule has 7 heavy (non-hydrogen) atoms. The van der Waals surface area contributed by atoms with E-state index < -0.39 is 0 Å². The number of hydrogen-bond donors (Lipinski definition) is 0. The van der Waals surface area contributed by atoms with Crippen molar-refractivity contribution in [3.05, 3.63) is 0 Å². The van der Waals surface area contributed by atoms with Gasteiger partial charge in [0.2, 0.25) is 0 Å². The van der Waals surface area contributed by atoms with Crippen LogP contribution in [0.5, 0.6) is 0 Å². The van der Waals surface area contributed by atoms with E-state index >= 15 is 0 Å². The van der Waals surface area contributed by atoms with Crippen molar-refractivity contribution >= 4 is 5.97 Å². The predicted octanol–water partition coefficient (Wildman–Crippen LogP) is 0.319. The van der Waals surface area contributed by atoms with Crippen LogP contribution in [0.1, 0.15) is 6.92 Å². The first kappa shape index (κ1) is 9.35. The van der Waals surface area contributed by atoms with E-state index in [1.54, 1.807) is 0 Å². The van der Waals surface area contributed by atoms with Gasteiger partial charge in [-0.25, -0.2) is 5.26 Å². The van der Waals surface area contributed by atoms with Crippen molar-refractivity contribution in [3.63, 3.8) is 0 Å². The summed E-state index contributed by atoms with van der Waals surface area (Å²) in [4.78, 5) is 9.59. The highest BCUT2D eigenvalue weighted by molar-refractivity contribution is 5.65. The average Bonchev–Trinajstić information content (AvgIpc) is 1.73. The van der Waals surface area contributed by atoms with Crippen molar-refractivity contribution in [2.24, 2.45) is 0 Å². The number of hydrogen-bond acceptors (Lipinski definition) is 3. The summed E-state index contributed by atoms with van der Waals surface area (Å²) in [7, 11) is 1.35. The number of methoxy groups -OCH3 is 1. The minimum Gasteiger partial charge on any atom is -0.469 e. The highest BCUT2D eigenvalue weighted by Gasteiger charge is 1.75. The van der Waals surface area contributed by atoms with Crippen LogP contribution in [0.15, 0.2) is 0 Å². The molecule has 0 saturated carbocycles. The van der Waals surface area contributed by atoms with Gasteiger partial charge in [-0.15, -0.1) is 0 Å². The molecule has 0 amide bonds. The van der Waals surface area contributed by atoms with Gasteiger partial charge in [-0.05, 0) is 0 Å². The van der Waals surface area contributed by atoms with E-state index in [1.165, 1.54) is 14.0 Å². The van der Waals surface area contributed by atoms with Crippen LogP contribution in [-0.2, 0) is 9.53 Å². The highest BCUT2D eigenvalue weighted by Crippen LogP contribution is 1.60. The smallest absolute Gasteiger partial charge is 0.302 e. The molecular formula is C4H7NO2. The lowest BCUT2D eigenvalue weighted by Crippen LogP contribution is -1.88. The Balaban J connectivity index is 0. The molecule has 0 spiro atoms. The number of esters is 1. The number of carbonyl (C=O) groups is 1. The second kappa shape index (κ2) is 8.88. The van der Waals surface area contributed by atoms with Crippen molar-refractivity contribution in [1.29, 1.82) is 5.26 Å². The molecule has 0 aromatic heterocycles. The fraction of sp³-hybridized carbons (Fsp3) is 0.500. The molecular weight excluding hydrogens is 94.0 g/mol. The Morgan fingerprint density at radius 1 is 1.71 bits per heavy atom. The van der Waals surface area contributed by atoms with E-state index in [1.807, 2.05) is 0 Å². The summed E-state index contributed by atoms with van der Waals surface area (Å²) in [5.41, 5.74) is 0. The molecule has 0 atom stereocenters. The van der Waals surface area contributed by atoms with E-state index in [9.17, 15) is 4.79 Å². The Labute approximate surface area is 42.5 Å². The van der Waals surface area contributed by atoms with E-state index in [0.717, 1.165) is 0 Å². The van der Waals surface area contributed by atoms with Crippen LogP contribution >= 0.6 is 0 Å². The van der Waals surface area contributed by atoms with Crippen molar-refractivity contribution < 1.29 is 9.53 Å². The zero-order valence-corrected chi connectivity index (χ0v) is 4.34. The van der Waals surface area contributed by atoms with Gasteiger partial charge in [-0.3, -0.25) is 4.79 Å². The van der Waals surface area contributed by atoms with Crippen LogP contribution in [0.3, 0.4) is 0 Å². The number of nitrogens with zero attached hydrogens (tertiary/aromatic N) is 1. The van der Waals surface area contributed by atoms with Crippen LogP contribution in [0.4, 0.5) is 0 Å². The summed E-state index contributed by atoms with van der Waals surface area (Å²) in [6, 6.07) is 0. The fourth-order valence-corrected chi connectivity index (χ4v) is 0. The van der Waals surface area contributed by atoms with E-state index in [2.05, 4.69) is 11.3 Å². The molecule has 0 unspecified atom stereocenters. The molecule has 40 valence electrons. The maximum Gasteiger partial charge on any atom is 0.302 e. The largest absolute Gasteiger partial charge is 0.469 e. The lowest BCUT2D eigenvalue weighted by Gasteiger charge is -1.80. The molecule has 0 N–H and O–H groups in total. The second-order valence-electron chi connectivity index (χ2n) is 0.696. The number of nitriles is 1. The van der Waals surface area contributed by atoms with Crippen molar-refractivity contribution in [2.75, 3.05) is 7.11 Å². The van der Waals surface area contributed by atoms with Gasteiger partial charge in [0.05, 0.1) is 7.11 Å². The van der Waals surface area contributed by atoms with Crippen LogP contribution in [0.25, 0.3) is 0 Å². The third-order valence-electron chi connectivity index (χ3n) is 0.287. The molecule has 3 heteroatoms. The molecule has 0 saturated heterocycles. The Bertz CT molecular complexity index is 67.3. The van der Waals surface area contributed by atoms with Crippen LogP contribution < -0.4 is 0 Å². The lowest BCUT2D eigenvalue weighted by atomic mass is 10.8. The summed E-state index contributed by atoms with van der Waals surface area (Å²) < 4.78 is 4.11. The predicted molar refractivity (Wildman–Crippen MR) is 24.4 cm³/mol. The van der Waals surface area contributed by atoms with Gasteiger partial charge >= 0.3 is 5.97 Å². The molecule has 0 aromatic carbocycles. The molecule has 0 aromatic rings. The Hall–Kier alpha value is -1.04. The summed E-state index contributed by atoms with van der Waals surface area (Å²) in [5.74, 6) is -0.245. The van der Waals surface area contributed by atoms with Gasteiger partial charge in [-0.2, -0.15) is 0 Å². The number of rotatable bonds is 0. The van der Waals surface area contributed by atoms with Crippen LogP contribution in [-0.4, -0.2) is 13.1 Å². The normalized spacial score (nSPS) is 5.14. The SMILES string of the molecule is C#N.COC(C)=O. The Kier molecular flexibility index (Phi) is 11.9. The maximum atomic E-state index is 9.59. The molecule has 0 aliphatic rings. The minimum atomic E-state index is -0.245. The van der Waals surface area contributed by atoms with Gasteiger partial charge in [0.15, 0.2) is 0 Å². The van der Waals surface area contributed by atoms with Crippen LogP contribution in [0, 0.1) is 11.8 Å². The molecule has 3 nitrogen and oxygen atoms in total. The third kappa shape index (κ3) is 47.2. The minimum absolute atomic E-state index is 0.245. The van der Waals surface area contributed by atoms with Crippen molar-refractivity contribution in [3.8, 4) is 6.57 Å². The first-order chi connectivity index (χ1) is 3.27. The topological polar surface area (TPSA) is 50.1 Å². The highest BCUT2D eigenvalue weighted by atomic mass is 16.5. The molecule has 0 radical (unpaired) electrons. The van der Waals surface area contributed by atoms with Crippen molar-refractivity contribution in [1.82, 2.24) is 0 Å². The van der Waals surface area contributed by atoms with E-state index in [-0.39, 0.29) is 5.97 Å². The first-order valence-corrected chi connectivity index (χ1v) is 1.57. The molecule has 0 fully saturated rings. The van der Waals surface area contributed by atoms with Gasteiger partial charge in [0.25, 0.3) is 0 Å². The molecule has 0 aliphatic heterocycles. The third-order valence-corrected chi connectivity index (χ3v) is 0.287. The van der Waals surface area contributed by atoms with E-state index in [4.69, 9.17) is 5.26 Å². The molecule has 0 aliphatic carbocycles. The summed E-state index contributed by atoms with van der Waals surface area (Å²) >= 11 is 0. The Morgan fingerprint density at radius 3 is 1.86 bits per heavy atom. The molecule has 0 rings (SSSR count).